The first kappa shape index (κ1) is 13.5. The third-order valence-corrected chi connectivity index (χ3v) is 3.84. The molecule has 0 aliphatic carbocycles. The smallest absolute Gasteiger partial charge is 0.356 e. The molecule has 0 radical (unpaired) electrons. The van der Waals surface area contributed by atoms with E-state index in [9.17, 15) is 9.59 Å². The molecule has 2 heterocycles. The van der Waals surface area contributed by atoms with Crippen LogP contribution in [0, 0.1) is 11.3 Å². The summed E-state index contributed by atoms with van der Waals surface area (Å²) in [5.41, 5.74) is -0.229. The molecule has 2 rings (SSSR count). The lowest BCUT2D eigenvalue weighted by atomic mass is 10.3. The lowest BCUT2D eigenvalue weighted by molar-refractivity contribution is 0.0686. The summed E-state index contributed by atoms with van der Waals surface area (Å²) in [6.45, 7) is 2.51. The average Bonchev–Trinajstić information content (AvgIpc) is 2.84. The summed E-state index contributed by atoms with van der Waals surface area (Å²) in [6.07, 6.45) is -0.563. The first-order valence-electron chi connectivity index (χ1n) is 5.54. The Kier molecular flexibility index (Phi) is 3.78. The summed E-state index contributed by atoms with van der Waals surface area (Å²) in [6, 6.07) is 2.00. The van der Waals surface area contributed by atoms with Crippen molar-refractivity contribution < 1.29 is 19.4 Å². The second kappa shape index (κ2) is 5.34. The van der Waals surface area contributed by atoms with Crippen molar-refractivity contribution in [2.75, 3.05) is 24.6 Å². The summed E-state index contributed by atoms with van der Waals surface area (Å²) in [5.74, 6) is -1.55. The van der Waals surface area contributed by atoms with Gasteiger partial charge in [0.2, 0.25) is 0 Å². The first-order chi connectivity index (χ1) is 9.02. The Morgan fingerprint density at radius 1 is 1.63 bits per heavy atom. The van der Waals surface area contributed by atoms with E-state index in [0.29, 0.717) is 24.8 Å². The summed E-state index contributed by atoms with van der Waals surface area (Å²) in [5, 5.41) is 18.3. The van der Waals surface area contributed by atoms with E-state index in [1.165, 1.54) is 6.92 Å². The number of nitrogens with zero attached hydrogens (tertiary/aromatic N) is 3. The maximum atomic E-state index is 11.4. The van der Waals surface area contributed by atoms with Crippen LogP contribution in [0.15, 0.2) is 0 Å². The largest absolute Gasteiger partial charge is 0.476 e. The number of nitriles is 1. The average molecular weight is 281 g/mol. The molecule has 100 valence electrons. The fraction of sp³-hybridized carbons (Fsp3) is 0.455. The van der Waals surface area contributed by atoms with Crippen molar-refractivity contribution in [3.05, 3.63) is 10.6 Å². The van der Waals surface area contributed by atoms with Crippen molar-refractivity contribution in [1.29, 1.82) is 5.26 Å². The minimum atomic E-state index is -1.22. The van der Waals surface area contributed by atoms with Crippen LogP contribution in [0.4, 0.5) is 5.13 Å². The zero-order chi connectivity index (χ0) is 14.0. The van der Waals surface area contributed by atoms with Crippen molar-refractivity contribution in [2.24, 2.45) is 0 Å². The van der Waals surface area contributed by atoms with Gasteiger partial charge in [-0.1, -0.05) is 11.3 Å². The molecule has 0 aromatic carbocycles. The summed E-state index contributed by atoms with van der Waals surface area (Å²) >= 11 is 1.03. The third kappa shape index (κ3) is 2.72. The molecular weight excluding hydrogens is 270 g/mol. The molecule has 0 spiro atoms. The Balaban J connectivity index is 2.30. The maximum Gasteiger partial charge on any atom is 0.356 e. The SMILES string of the molecule is CC(=O)c1sc(N2CCOC(C#N)C2)nc1C(=O)O. The Morgan fingerprint density at radius 3 is 2.89 bits per heavy atom. The zero-order valence-corrected chi connectivity index (χ0v) is 10.9. The lowest BCUT2D eigenvalue weighted by Crippen LogP contribution is -2.41. The number of aromatic nitrogens is 1. The van der Waals surface area contributed by atoms with Crippen molar-refractivity contribution >= 4 is 28.2 Å². The van der Waals surface area contributed by atoms with Gasteiger partial charge in [-0.05, 0) is 0 Å². The molecule has 1 aliphatic heterocycles. The van der Waals surface area contributed by atoms with Crippen LogP contribution in [-0.2, 0) is 4.74 Å². The van der Waals surface area contributed by atoms with Gasteiger partial charge in [0.1, 0.15) is 4.88 Å². The molecule has 0 amide bonds. The molecule has 0 bridgehead atoms. The second-order valence-electron chi connectivity index (χ2n) is 3.97. The molecule has 7 nitrogen and oxygen atoms in total. The standard InChI is InChI=1S/C11H11N3O4S/c1-6(15)9-8(10(16)17)13-11(19-9)14-2-3-18-7(4-12)5-14/h7H,2-3,5H2,1H3,(H,16,17). The van der Waals surface area contributed by atoms with Crippen LogP contribution >= 0.6 is 11.3 Å². The third-order valence-electron chi connectivity index (χ3n) is 2.62. The summed E-state index contributed by atoms with van der Waals surface area (Å²) < 4.78 is 5.20. The van der Waals surface area contributed by atoms with Gasteiger partial charge in [-0.15, -0.1) is 0 Å². The normalized spacial score (nSPS) is 18.9. The van der Waals surface area contributed by atoms with Gasteiger partial charge < -0.3 is 14.7 Å². The molecular formula is C11H11N3O4S. The van der Waals surface area contributed by atoms with Crippen LogP contribution in [0.2, 0.25) is 0 Å². The van der Waals surface area contributed by atoms with Crippen LogP contribution in [0.25, 0.3) is 0 Å². The van der Waals surface area contributed by atoms with Crippen LogP contribution in [0.5, 0.6) is 0 Å². The molecule has 19 heavy (non-hydrogen) atoms. The Bertz CT molecular complexity index is 531. The number of morpholine rings is 1. The van der Waals surface area contributed by atoms with Crippen molar-refractivity contribution in [3.63, 3.8) is 0 Å². The second-order valence-corrected chi connectivity index (χ2v) is 4.95. The van der Waals surface area contributed by atoms with Crippen molar-refractivity contribution in [2.45, 2.75) is 13.0 Å². The van der Waals surface area contributed by atoms with E-state index in [4.69, 9.17) is 15.1 Å². The van der Waals surface area contributed by atoms with Gasteiger partial charge in [0.15, 0.2) is 22.7 Å². The predicted octanol–water partition coefficient (Wildman–Crippen LogP) is 0.773. The van der Waals surface area contributed by atoms with E-state index in [0.717, 1.165) is 11.3 Å². The highest BCUT2D eigenvalue weighted by Gasteiger charge is 2.27. The van der Waals surface area contributed by atoms with E-state index in [1.807, 2.05) is 6.07 Å². The van der Waals surface area contributed by atoms with Gasteiger partial charge in [-0.3, -0.25) is 4.79 Å². The number of aromatic carboxylic acids is 1. The number of ether oxygens (including phenoxy) is 1. The van der Waals surface area contributed by atoms with E-state index in [2.05, 4.69) is 4.98 Å². The van der Waals surface area contributed by atoms with Crippen LogP contribution in [0.3, 0.4) is 0 Å². The number of rotatable bonds is 3. The minimum absolute atomic E-state index is 0.127. The van der Waals surface area contributed by atoms with E-state index < -0.39 is 12.1 Å². The van der Waals surface area contributed by atoms with E-state index in [1.54, 1.807) is 4.90 Å². The van der Waals surface area contributed by atoms with E-state index in [-0.39, 0.29) is 16.4 Å². The Labute approximate surface area is 113 Å². The highest BCUT2D eigenvalue weighted by molar-refractivity contribution is 7.17. The predicted molar refractivity (Wildman–Crippen MR) is 66.6 cm³/mol. The number of hydrogen-bond donors (Lipinski definition) is 1. The molecule has 8 heteroatoms. The van der Waals surface area contributed by atoms with Gasteiger partial charge in [0.05, 0.1) is 19.2 Å². The van der Waals surface area contributed by atoms with E-state index >= 15 is 0 Å². The number of carboxylic acid groups (broad SMARTS) is 1. The topological polar surface area (TPSA) is 104 Å². The number of hydrogen-bond acceptors (Lipinski definition) is 7. The van der Waals surface area contributed by atoms with Crippen LogP contribution in [0.1, 0.15) is 27.1 Å². The fourth-order valence-electron chi connectivity index (χ4n) is 1.73. The van der Waals surface area contributed by atoms with Gasteiger partial charge in [-0.2, -0.15) is 5.26 Å². The molecule has 1 atom stereocenters. The molecule has 0 saturated carbocycles. The van der Waals surface area contributed by atoms with Crippen LogP contribution < -0.4 is 4.90 Å². The number of anilines is 1. The number of carbonyl (C=O) groups is 2. The number of thiazole rings is 1. The number of ketones is 1. The van der Waals surface area contributed by atoms with Gasteiger partial charge in [0.25, 0.3) is 0 Å². The van der Waals surface area contributed by atoms with Gasteiger partial charge >= 0.3 is 5.97 Å². The molecule has 1 aromatic heterocycles. The molecule has 1 N–H and O–H groups in total. The Hall–Kier alpha value is -1.98. The monoisotopic (exact) mass is 281 g/mol. The molecule has 1 aromatic rings. The number of carbonyl (C=O) groups excluding carboxylic acids is 1. The molecule has 1 saturated heterocycles. The first-order valence-corrected chi connectivity index (χ1v) is 6.35. The zero-order valence-electron chi connectivity index (χ0n) is 10.1. The van der Waals surface area contributed by atoms with Gasteiger partial charge in [0, 0.05) is 13.5 Å². The number of carboxylic acids is 1. The highest BCUT2D eigenvalue weighted by Crippen LogP contribution is 2.28. The summed E-state index contributed by atoms with van der Waals surface area (Å²) in [4.78, 5) is 28.3. The minimum Gasteiger partial charge on any atom is -0.476 e. The number of Topliss-reactive ketones (excluding diaryl/α,β-unsaturated/α-hetero) is 1. The lowest BCUT2D eigenvalue weighted by Gasteiger charge is -2.29. The van der Waals surface area contributed by atoms with Gasteiger partial charge in [-0.25, -0.2) is 9.78 Å². The molecule has 1 unspecified atom stereocenters. The van der Waals surface area contributed by atoms with Crippen LogP contribution in [-0.4, -0.2) is 47.6 Å². The van der Waals surface area contributed by atoms with Crippen molar-refractivity contribution in [1.82, 2.24) is 4.98 Å². The molecule has 1 fully saturated rings. The Morgan fingerprint density at radius 2 is 2.37 bits per heavy atom. The summed E-state index contributed by atoms with van der Waals surface area (Å²) in [7, 11) is 0. The maximum absolute atomic E-state index is 11.4. The molecule has 1 aliphatic rings. The quantitative estimate of drug-likeness (QED) is 0.816. The van der Waals surface area contributed by atoms with Crippen molar-refractivity contribution in [3.8, 4) is 6.07 Å². The fourth-order valence-corrected chi connectivity index (χ4v) is 2.72. The highest BCUT2D eigenvalue weighted by atomic mass is 32.1.